The maximum Gasteiger partial charge on any atom is 0.421 e. The van der Waals surface area contributed by atoms with Gasteiger partial charge in [0.25, 0.3) is 0 Å². The van der Waals surface area contributed by atoms with E-state index in [0.717, 1.165) is 19.0 Å². The molecule has 0 spiro atoms. The first-order valence-electron chi connectivity index (χ1n) is 8.56. The number of allylic oxidation sites excluding steroid dienone is 1. The molecule has 1 aromatic heterocycles. The fourth-order valence-electron chi connectivity index (χ4n) is 2.67. The van der Waals surface area contributed by atoms with Crippen LogP contribution in [0, 0.1) is 23.2 Å². The van der Waals surface area contributed by atoms with Crippen molar-refractivity contribution in [3.8, 4) is 6.07 Å². The fraction of sp³-hybridized carbons (Fsp3) is 0.529. The van der Waals surface area contributed by atoms with Crippen LogP contribution < -0.4 is 16.4 Å². The van der Waals surface area contributed by atoms with Crippen LogP contribution in [-0.4, -0.2) is 28.8 Å². The zero-order valence-electron chi connectivity index (χ0n) is 15.1. The van der Waals surface area contributed by atoms with Crippen molar-refractivity contribution in [1.29, 1.82) is 5.26 Å². The van der Waals surface area contributed by atoms with Crippen molar-refractivity contribution in [3.05, 3.63) is 23.7 Å². The van der Waals surface area contributed by atoms with Gasteiger partial charge >= 0.3 is 6.18 Å². The van der Waals surface area contributed by atoms with Crippen LogP contribution in [0.1, 0.15) is 32.3 Å². The summed E-state index contributed by atoms with van der Waals surface area (Å²) in [5, 5.41) is 14.2. The van der Waals surface area contributed by atoms with Crippen LogP contribution in [0.2, 0.25) is 0 Å². The van der Waals surface area contributed by atoms with Gasteiger partial charge in [-0.3, -0.25) is 4.99 Å². The third-order valence-corrected chi connectivity index (χ3v) is 4.25. The van der Waals surface area contributed by atoms with Crippen LogP contribution >= 0.6 is 0 Å². The van der Waals surface area contributed by atoms with E-state index in [4.69, 9.17) is 11.0 Å². The molecule has 4 N–H and O–H groups in total. The Morgan fingerprint density at radius 2 is 2.19 bits per heavy atom. The third kappa shape index (κ3) is 5.32. The van der Waals surface area contributed by atoms with E-state index in [9.17, 15) is 13.2 Å². The lowest BCUT2D eigenvalue weighted by molar-refractivity contribution is -0.137. The highest BCUT2D eigenvalue weighted by Crippen LogP contribution is 2.34. The molecule has 0 radical (unpaired) electrons. The van der Waals surface area contributed by atoms with Crippen LogP contribution in [0.5, 0.6) is 0 Å². The van der Waals surface area contributed by atoms with E-state index in [1.54, 1.807) is 13.8 Å². The number of rotatable bonds is 7. The molecule has 1 aliphatic carbocycles. The number of alkyl halides is 3. The van der Waals surface area contributed by atoms with Gasteiger partial charge in [0.1, 0.15) is 11.4 Å². The summed E-state index contributed by atoms with van der Waals surface area (Å²) in [5.41, 5.74) is 5.68. The topological polar surface area (TPSA) is 112 Å². The number of nitrogens with zero attached hydrogens (tertiary/aromatic N) is 4. The van der Waals surface area contributed by atoms with Gasteiger partial charge in [0, 0.05) is 31.4 Å². The number of aromatic nitrogens is 2. The first-order chi connectivity index (χ1) is 12.8. The maximum absolute atomic E-state index is 13.0. The molecule has 0 atom stereocenters. The summed E-state index contributed by atoms with van der Waals surface area (Å²) in [6.45, 7) is 4.26. The minimum absolute atomic E-state index is 0.0154. The molecular weight excluding hydrogens is 359 g/mol. The average Bonchev–Trinajstić information content (AvgIpc) is 2.57. The lowest BCUT2D eigenvalue weighted by atomic mass is 9.76. The second-order valence-electron chi connectivity index (χ2n) is 6.28. The van der Waals surface area contributed by atoms with Crippen LogP contribution in [0.4, 0.5) is 24.9 Å². The quantitative estimate of drug-likeness (QED) is 0.626. The molecule has 27 heavy (non-hydrogen) atoms. The van der Waals surface area contributed by atoms with Crippen molar-refractivity contribution < 1.29 is 13.2 Å². The molecular formula is C17H22F3N7. The molecule has 1 aliphatic rings. The molecule has 146 valence electrons. The van der Waals surface area contributed by atoms with E-state index in [0.29, 0.717) is 23.9 Å². The van der Waals surface area contributed by atoms with Crippen LogP contribution in [-0.2, 0) is 6.18 Å². The normalized spacial score (nSPS) is 20.6. The molecule has 1 heterocycles. The molecule has 0 amide bonds. The van der Waals surface area contributed by atoms with Gasteiger partial charge in [-0.25, -0.2) is 4.98 Å². The summed E-state index contributed by atoms with van der Waals surface area (Å²) in [4.78, 5) is 12.1. The standard InChI is InChI=1S/C17H22F3N7/c1-3-23-15-13(17(18,19)20)9-25-16(27-15)26-14(7-22)10(2)24-8-12-4-11(5-12)6-21/h7,9,11-12H,3-5,8,22H2,1-2H3,(H2,23,25,26,27)/b14-7+,24-10-/t11-,12+. The SMILES string of the molecule is CCNc1nc(NC(=C/N)/C(C)=N\C[C@H]2C[C@@H](C#N)C2)ncc1C(F)(F)F. The summed E-state index contributed by atoms with van der Waals surface area (Å²) in [6.07, 6.45) is -0.896. The number of hydrogen-bond acceptors (Lipinski definition) is 7. The lowest BCUT2D eigenvalue weighted by Crippen LogP contribution is -2.25. The number of nitriles is 1. The number of hydrogen-bond donors (Lipinski definition) is 3. The zero-order valence-corrected chi connectivity index (χ0v) is 15.1. The van der Waals surface area contributed by atoms with Crippen molar-refractivity contribution in [1.82, 2.24) is 9.97 Å². The Balaban J connectivity index is 2.09. The van der Waals surface area contributed by atoms with E-state index >= 15 is 0 Å². The second kappa shape index (κ2) is 8.70. The fourth-order valence-corrected chi connectivity index (χ4v) is 2.67. The highest BCUT2D eigenvalue weighted by Gasteiger charge is 2.35. The predicted molar refractivity (Wildman–Crippen MR) is 96.9 cm³/mol. The van der Waals surface area contributed by atoms with Gasteiger partial charge in [0.2, 0.25) is 5.95 Å². The molecule has 0 unspecified atom stereocenters. The van der Waals surface area contributed by atoms with Gasteiger partial charge in [-0.1, -0.05) is 0 Å². The number of halogens is 3. The highest BCUT2D eigenvalue weighted by molar-refractivity contribution is 6.00. The monoisotopic (exact) mass is 381 g/mol. The molecule has 10 heteroatoms. The Morgan fingerprint density at radius 1 is 1.48 bits per heavy atom. The zero-order chi connectivity index (χ0) is 20.0. The van der Waals surface area contributed by atoms with Crippen molar-refractivity contribution in [2.45, 2.75) is 32.9 Å². The largest absolute Gasteiger partial charge is 0.421 e. The summed E-state index contributed by atoms with van der Waals surface area (Å²) in [5.74, 6) is 0.161. The number of anilines is 2. The van der Waals surface area contributed by atoms with Crippen LogP contribution in [0.3, 0.4) is 0 Å². The van der Waals surface area contributed by atoms with Crippen LogP contribution in [0.25, 0.3) is 0 Å². The van der Waals surface area contributed by atoms with Crippen molar-refractivity contribution in [2.24, 2.45) is 22.6 Å². The van der Waals surface area contributed by atoms with Gasteiger partial charge in [-0.15, -0.1) is 0 Å². The molecule has 0 aromatic carbocycles. The molecule has 7 nitrogen and oxygen atoms in total. The summed E-state index contributed by atoms with van der Waals surface area (Å²) in [7, 11) is 0. The summed E-state index contributed by atoms with van der Waals surface area (Å²) >= 11 is 0. The molecule has 0 aliphatic heterocycles. The molecule has 0 saturated heterocycles. The van der Waals surface area contributed by atoms with Gasteiger partial charge in [0.05, 0.1) is 17.5 Å². The number of nitrogens with one attached hydrogen (secondary N) is 2. The van der Waals surface area contributed by atoms with Gasteiger partial charge in [-0.05, 0) is 32.6 Å². The molecule has 1 aromatic rings. The van der Waals surface area contributed by atoms with E-state index in [1.165, 1.54) is 6.20 Å². The first-order valence-corrected chi connectivity index (χ1v) is 8.56. The van der Waals surface area contributed by atoms with Gasteiger partial charge in [0.15, 0.2) is 0 Å². The van der Waals surface area contributed by atoms with Gasteiger partial charge < -0.3 is 16.4 Å². The Labute approximate surface area is 155 Å². The Bertz CT molecular complexity index is 759. The molecule has 0 bridgehead atoms. The summed E-state index contributed by atoms with van der Waals surface area (Å²) < 4.78 is 39.1. The first kappa shape index (κ1) is 20.5. The maximum atomic E-state index is 13.0. The Hall–Kier alpha value is -2.83. The highest BCUT2D eigenvalue weighted by atomic mass is 19.4. The molecule has 1 saturated carbocycles. The lowest BCUT2D eigenvalue weighted by Gasteiger charge is -2.29. The second-order valence-corrected chi connectivity index (χ2v) is 6.28. The Kier molecular flexibility index (Phi) is 6.60. The molecule has 2 rings (SSSR count). The van der Waals surface area contributed by atoms with Gasteiger partial charge in [-0.2, -0.15) is 23.4 Å². The van der Waals surface area contributed by atoms with E-state index in [-0.39, 0.29) is 24.2 Å². The predicted octanol–water partition coefficient (Wildman–Crippen LogP) is 3.15. The van der Waals surface area contributed by atoms with Crippen molar-refractivity contribution >= 4 is 17.5 Å². The van der Waals surface area contributed by atoms with Crippen molar-refractivity contribution in [2.75, 3.05) is 23.7 Å². The van der Waals surface area contributed by atoms with Crippen molar-refractivity contribution in [3.63, 3.8) is 0 Å². The third-order valence-electron chi connectivity index (χ3n) is 4.25. The van der Waals surface area contributed by atoms with Crippen LogP contribution in [0.15, 0.2) is 23.1 Å². The number of nitrogens with two attached hydrogens (primary N) is 1. The minimum Gasteiger partial charge on any atom is -0.403 e. The van der Waals surface area contributed by atoms with E-state index in [2.05, 4.69) is 31.7 Å². The summed E-state index contributed by atoms with van der Waals surface area (Å²) in [6, 6.07) is 2.22. The Morgan fingerprint density at radius 3 is 2.74 bits per heavy atom. The molecule has 1 fully saturated rings. The van der Waals surface area contributed by atoms with E-state index in [1.807, 2.05) is 0 Å². The average molecular weight is 381 g/mol. The smallest absolute Gasteiger partial charge is 0.403 e. The minimum atomic E-state index is -4.55. The number of aliphatic imine (C=N–C) groups is 1. The van der Waals surface area contributed by atoms with E-state index < -0.39 is 11.7 Å².